The first-order valence-corrected chi connectivity index (χ1v) is 5.54. The zero-order valence-electron chi connectivity index (χ0n) is 9.78. The third-order valence-electron chi connectivity index (χ3n) is 2.60. The van der Waals surface area contributed by atoms with Crippen molar-refractivity contribution in [1.82, 2.24) is 0 Å². The van der Waals surface area contributed by atoms with E-state index in [0.29, 0.717) is 12.5 Å². The number of unbranched alkanes of at least 4 members (excludes halogenated alkanes) is 1. The van der Waals surface area contributed by atoms with Gasteiger partial charge in [-0.25, -0.2) is 0 Å². The lowest BCUT2D eigenvalue weighted by Gasteiger charge is -2.15. The maximum absolute atomic E-state index is 12.7. The quantitative estimate of drug-likeness (QED) is 0.654. The molecule has 0 radical (unpaired) electrons. The smallest absolute Gasteiger partial charge is 0.396 e. The third-order valence-corrected chi connectivity index (χ3v) is 2.60. The Morgan fingerprint density at radius 2 is 1.53 bits per heavy atom. The van der Waals surface area contributed by atoms with Crippen LogP contribution in [0.25, 0.3) is 0 Å². The van der Waals surface area contributed by atoms with Gasteiger partial charge in [-0.05, 0) is 37.0 Å². The van der Waals surface area contributed by atoms with Crippen molar-refractivity contribution in [1.29, 1.82) is 0 Å². The molecule has 0 heterocycles. The van der Waals surface area contributed by atoms with E-state index >= 15 is 0 Å². The molecule has 0 aromatic heterocycles. The van der Waals surface area contributed by atoms with E-state index in [2.05, 4.69) is 0 Å². The van der Waals surface area contributed by atoms with Gasteiger partial charge >= 0.3 is 12.4 Å². The van der Waals surface area contributed by atoms with Crippen LogP contribution < -0.4 is 0 Å². The van der Waals surface area contributed by atoms with E-state index in [0.717, 1.165) is 6.07 Å². The average Bonchev–Trinajstić information content (AvgIpc) is 2.27. The van der Waals surface area contributed by atoms with Crippen LogP contribution in [-0.2, 0) is 18.8 Å². The number of alkyl halides is 6. The van der Waals surface area contributed by atoms with Gasteiger partial charge in [0.05, 0.1) is 11.1 Å². The van der Waals surface area contributed by atoms with Gasteiger partial charge in [-0.1, -0.05) is 6.07 Å². The molecule has 19 heavy (non-hydrogen) atoms. The van der Waals surface area contributed by atoms with Crippen LogP contribution in [0.15, 0.2) is 18.2 Å². The summed E-state index contributed by atoms with van der Waals surface area (Å²) in [7, 11) is 0. The predicted octanol–water partition coefficient (Wildman–Crippen LogP) is 4.04. The highest BCUT2D eigenvalue weighted by molar-refractivity contribution is 5.35. The number of hydrogen-bond donors (Lipinski definition) is 1. The molecule has 1 aromatic carbocycles. The second-order valence-electron chi connectivity index (χ2n) is 4.05. The minimum atomic E-state index is -4.82. The Morgan fingerprint density at radius 3 is 2.00 bits per heavy atom. The molecule has 0 aliphatic heterocycles. The summed E-state index contributed by atoms with van der Waals surface area (Å²) in [5.41, 5.74) is -2.76. The molecule has 0 fully saturated rings. The van der Waals surface area contributed by atoms with Crippen LogP contribution in [0.5, 0.6) is 0 Å². The van der Waals surface area contributed by atoms with Gasteiger partial charge in [-0.2, -0.15) is 26.3 Å². The zero-order chi connectivity index (χ0) is 14.7. The lowest BCUT2D eigenvalue weighted by molar-refractivity contribution is -0.143. The Labute approximate surface area is 105 Å². The molecule has 1 nitrogen and oxygen atoms in total. The molecule has 0 aliphatic carbocycles. The second kappa shape index (κ2) is 5.81. The number of aryl methyl sites for hydroxylation is 1. The molecule has 1 rings (SSSR count). The van der Waals surface area contributed by atoms with Crippen LogP contribution in [0.3, 0.4) is 0 Å². The van der Waals surface area contributed by atoms with Crippen molar-refractivity contribution < 1.29 is 31.4 Å². The number of aliphatic hydroxyl groups excluding tert-OH is 1. The SMILES string of the molecule is OCCCCc1ccc(C(F)(F)F)cc1C(F)(F)F. The van der Waals surface area contributed by atoms with Crippen molar-refractivity contribution in [3.63, 3.8) is 0 Å². The first-order valence-electron chi connectivity index (χ1n) is 5.54. The predicted molar refractivity (Wildman–Crippen MR) is 56.5 cm³/mol. The summed E-state index contributed by atoms with van der Waals surface area (Å²) in [4.78, 5) is 0. The van der Waals surface area contributed by atoms with Gasteiger partial charge < -0.3 is 5.11 Å². The molecule has 0 saturated carbocycles. The molecule has 0 amide bonds. The fourth-order valence-corrected chi connectivity index (χ4v) is 1.66. The van der Waals surface area contributed by atoms with Gasteiger partial charge in [-0.3, -0.25) is 0 Å². The minimum Gasteiger partial charge on any atom is -0.396 e. The van der Waals surface area contributed by atoms with Crippen molar-refractivity contribution in [3.8, 4) is 0 Å². The molecular weight excluding hydrogens is 274 g/mol. The van der Waals surface area contributed by atoms with Gasteiger partial charge in [0.2, 0.25) is 0 Å². The maximum atomic E-state index is 12.7. The van der Waals surface area contributed by atoms with Crippen molar-refractivity contribution in [2.45, 2.75) is 31.6 Å². The monoisotopic (exact) mass is 286 g/mol. The van der Waals surface area contributed by atoms with Gasteiger partial charge in [0.15, 0.2) is 0 Å². The van der Waals surface area contributed by atoms with Gasteiger partial charge in [-0.15, -0.1) is 0 Å². The number of halogens is 6. The minimum absolute atomic E-state index is 0.0203. The molecule has 108 valence electrons. The topological polar surface area (TPSA) is 20.2 Å². The van der Waals surface area contributed by atoms with Crippen molar-refractivity contribution in [2.24, 2.45) is 0 Å². The maximum Gasteiger partial charge on any atom is 0.416 e. The highest BCUT2D eigenvalue weighted by Gasteiger charge is 2.37. The molecule has 0 saturated heterocycles. The van der Waals surface area contributed by atoms with Gasteiger partial charge in [0.1, 0.15) is 0 Å². The summed E-state index contributed by atoms with van der Waals surface area (Å²) in [6.45, 7) is -0.165. The summed E-state index contributed by atoms with van der Waals surface area (Å²) in [5, 5.41) is 8.55. The zero-order valence-corrected chi connectivity index (χ0v) is 9.78. The molecule has 0 bridgehead atoms. The van der Waals surface area contributed by atoms with Gasteiger partial charge in [0, 0.05) is 6.61 Å². The van der Waals surface area contributed by atoms with Crippen LogP contribution in [0.4, 0.5) is 26.3 Å². The Morgan fingerprint density at radius 1 is 0.895 bits per heavy atom. The molecule has 1 aromatic rings. The first-order chi connectivity index (χ1) is 8.66. The Hall–Kier alpha value is -1.24. The lowest BCUT2D eigenvalue weighted by atomic mass is 9.98. The fraction of sp³-hybridized carbons (Fsp3) is 0.500. The first kappa shape index (κ1) is 15.8. The number of aliphatic hydroxyl groups is 1. The summed E-state index contributed by atoms with van der Waals surface area (Å²) < 4.78 is 75.3. The van der Waals surface area contributed by atoms with Crippen LogP contribution in [0, 0.1) is 0 Å². The standard InChI is InChI=1S/C12H12F6O/c13-11(14,15)9-5-4-8(3-1-2-6-19)10(7-9)12(16,17)18/h4-5,7,19H,1-3,6H2. The summed E-state index contributed by atoms with van der Waals surface area (Å²) in [6.07, 6.45) is -9.06. The van der Waals surface area contributed by atoms with E-state index in [1.165, 1.54) is 0 Å². The van der Waals surface area contributed by atoms with E-state index < -0.39 is 23.5 Å². The second-order valence-corrected chi connectivity index (χ2v) is 4.05. The van der Waals surface area contributed by atoms with E-state index in [4.69, 9.17) is 5.11 Å². The normalized spacial score (nSPS) is 12.8. The average molecular weight is 286 g/mol. The summed E-state index contributed by atoms with van der Waals surface area (Å²) >= 11 is 0. The van der Waals surface area contributed by atoms with Crippen LogP contribution >= 0.6 is 0 Å². The highest BCUT2D eigenvalue weighted by atomic mass is 19.4. The molecule has 0 aliphatic rings. The van der Waals surface area contributed by atoms with E-state index in [9.17, 15) is 26.3 Å². The van der Waals surface area contributed by atoms with E-state index in [1.807, 2.05) is 0 Å². The Kier molecular flexibility index (Phi) is 4.84. The lowest BCUT2D eigenvalue weighted by Crippen LogP contribution is -2.13. The Bertz CT molecular complexity index is 421. The van der Waals surface area contributed by atoms with E-state index in [-0.39, 0.29) is 31.1 Å². The molecule has 0 atom stereocenters. The van der Waals surface area contributed by atoms with Crippen molar-refractivity contribution in [3.05, 3.63) is 34.9 Å². The number of hydrogen-bond acceptors (Lipinski definition) is 1. The molecule has 0 spiro atoms. The Balaban J connectivity index is 3.11. The molecular formula is C12H12F6O. The van der Waals surface area contributed by atoms with Crippen LogP contribution in [0.2, 0.25) is 0 Å². The van der Waals surface area contributed by atoms with Crippen LogP contribution in [0.1, 0.15) is 29.5 Å². The molecule has 1 N–H and O–H groups in total. The third kappa shape index (κ3) is 4.41. The van der Waals surface area contributed by atoms with Crippen molar-refractivity contribution in [2.75, 3.05) is 6.61 Å². The van der Waals surface area contributed by atoms with Crippen LogP contribution in [-0.4, -0.2) is 11.7 Å². The highest BCUT2D eigenvalue weighted by Crippen LogP contribution is 2.37. The largest absolute Gasteiger partial charge is 0.416 e. The fourth-order valence-electron chi connectivity index (χ4n) is 1.66. The summed E-state index contributed by atoms with van der Waals surface area (Å²) in [5.74, 6) is 0. The summed E-state index contributed by atoms with van der Waals surface area (Å²) in [6, 6.07) is 1.63. The number of benzene rings is 1. The van der Waals surface area contributed by atoms with Crippen molar-refractivity contribution >= 4 is 0 Å². The molecule has 0 unspecified atom stereocenters. The van der Waals surface area contributed by atoms with Gasteiger partial charge in [0.25, 0.3) is 0 Å². The number of rotatable bonds is 4. The van der Waals surface area contributed by atoms with E-state index in [1.54, 1.807) is 0 Å². The molecule has 7 heteroatoms.